The van der Waals surface area contributed by atoms with Crippen LogP contribution in [0.3, 0.4) is 0 Å². The van der Waals surface area contributed by atoms with E-state index < -0.39 is 23.5 Å². The summed E-state index contributed by atoms with van der Waals surface area (Å²) < 4.78 is 17.4. The van der Waals surface area contributed by atoms with Crippen LogP contribution in [0, 0.1) is 11.7 Å². The molecule has 0 saturated heterocycles. The van der Waals surface area contributed by atoms with Gasteiger partial charge in [0.25, 0.3) is 0 Å². The van der Waals surface area contributed by atoms with Gasteiger partial charge in [-0.2, -0.15) is 0 Å². The number of Topliss-reactive ketones (excluding diaryl/α,β-unsaturated/α-hetero) is 1. The third kappa shape index (κ3) is 3.61. The highest BCUT2D eigenvalue weighted by atomic mass is 19.1. The molecule has 1 N–H and O–H groups in total. The summed E-state index contributed by atoms with van der Waals surface area (Å²) in [5.41, 5.74) is 0.340. The molecule has 0 amide bonds. The van der Waals surface area contributed by atoms with Crippen LogP contribution < -0.4 is 0 Å². The summed E-state index contributed by atoms with van der Waals surface area (Å²) in [6.45, 7) is 3.08. The molecular formula is C13H14FNO4. The minimum atomic E-state index is -0.988. The standard InChI is InChI=1S/C13H14FNO4/c1-3-19-13(17)12(16)8(2)11(15-18)9-4-6-10(14)7-5-9/h4-8,18H,3H2,1-2H3/b15-11+. The number of esters is 1. The van der Waals surface area contributed by atoms with Gasteiger partial charge < -0.3 is 9.94 Å². The minimum absolute atomic E-state index is 0.0157. The number of carbonyl (C=O) groups is 2. The molecule has 1 rings (SSSR count). The average molecular weight is 267 g/mol. The molecule has 1 unspecified atom stereocenters. The Labute approximate surface area is 109 Å². The van der Waals surface area contributed by atoms with Gasteiger partial charge in [-0.05, 0) is 26.0 Å². The lowest BCUT2D eigenvalue weighted by molar-refractivity contribution is -0.154. The van der Waals surface area contributed by atoms with Crippen molar-refractivity contribution in [3.05, 3.63) is 35.6 Å². The van der Waals surface area contributed by atoms with Crippen LogP contribution >= 0.6 is 0 Å². The molecule has 0 heterocycles. The van der Waals surface area contributed by atoms with Crippen LogP contribution in [-0.4, -0.2) is 29.3 Å². The summed E-state index contributed by atoms with van der Waals surface area (Å²) in [7, 11) is 0. The maximum Gasteiger partial charge on any atom is 0.375 e. The van der Waals surface area contributed by atoms with Gasteiger partial charge in [0.15, 0.2) is 0 Å². The molecule has 0 aliphatic heterocycles. The SMILES string of the molecule is CCOC(=O)C(=O)C(C)/C(=N\O)c1ccc(F)cc1. The lowest BCUT2D eigenvalue weighted by Crippen LogP contribution is -2.30. The van der Waals surface area contributed by atoms with Crippen molar-refractivity contribution in [1.82, 2.24) is 0 Å². The summed E-state index contributed by atoms with van der Waals surface area (Å²) in [5, 5.41) is 12.0. The van der Waals surface area contributed by atoms with Gasteiger partial charge in [0.1, 0.15) is 5.82 Å². The highest BCUT2D eigenvalue weighted by Crippen LogP contribution is 2.13. The van der Waals surface area contributed by atoms with E-state index in [0.717, 1.165) is 0 Å². The van der Waals surface area contributed by atoms with Crippen molar-refractivity contribution in [2.75, 3.05) is 6.61 Å². The van der Waals surface area contributed by atoms with E-state index >= 15 is 0 Å². The van der Waals surface area contributed by atoms with Gasteiger partial charge in [0, 0.05) is 5.56 Å². The summed E-state index contributed by atoms with van der Waals surface area (Å²) in [6.07, 6.45) is 0. The zero-order chi connectivity index (χ0) is 14.4. The summed E-state index contributed by atoms with van der Waals surface area (Å²) >= 11 is 0. The van der Waals surface area contributed by atoms with Gasteiger partial charge in [-0.1, -0.05) is 17.3 Å². The third-order valence-electron chi connectivity index (χ3n) is 2.53. The molecule has 6 heteroatoms. The first-order valence-corrected chi connectivity index (χ1v) is 5.70. The second-order valence-corrected chi connectivity index (χ2v) is 3.80. The van der Waals surface area contributed by atoms with Crippen LogP contribution in [0.1, 0.15) is 19.4 Å². The fourth-order valence-corrected chi connectivity index (χ4v) is 1.52. The fraction of sp³-hybridized carbons (Fsp3) is 0.308. The topological polar surface area (TPSA) is 76.0 Å². The molecule has 0 bridgehead atoms. The smallest absolute Gasteiger partial charge is 0.375 e. The number of benzene rings is 1. The third-order valence-corrected chi connectivity index (χ3v) is 2.53. The number of rotatable bonds is 5. The summed E-state index contributed by atoms with van der Waals surface area (Å²) in [5.74, 6) is -3.24. The first-order chi connectivity index (χ1) is 9.01. The lowest BCUT2D eigenvalue weighted by atomic mass is 9.94. The van der Waals surface area contributed by atoms with Gasteiger partial charge in [-0.25, -0.2) is 9.18 Å². The molecule has 0 aliphatic carbocycles. The van der Waals surface area contributed by atoms with Crippen molar-refractivity contribution in [2.24, 2.45) is 11.1 Å². The van der Waals surface area contributed by atoms with Gasteiger partial charge in [0.05, 0.1) is 18.2 Å². The van der Waals surface area contributed by atoms with Gasteiger partial charge in [-0.15, -0.1) is 0 Å². The Balaban J connectivity index is 2.95. The molecule has 0 radical (unpaired) electrons. The molecule has 0 aliphatic rings. The minimum Gasteiger partial charge on any atom is -0.460 e. The van der Waals surface area contributed by atoms with E-state index in [0.29, 0.717) is 5.56 Å². The zero-order valence-electron chi connectivity index (χ0n) is 10.6. The molecule has 0 saturated carbocycles. The molecule has 19 heavy (non-hydrogen) atoms. The Morgan fingerprint density at radius 1 is 1.37 bits per heavy atom. The number of hydrogen-bond acceptors (Lipinski definition) is 5. The van der Waals surface area contributed by atoms with Crippen LogP contribution in [0.4, 0.5) is 4.39 Å². The number of hydrogen-bond donors (Lipinski definition) is 1. The molecule has 0 aromatic heterocycles. The monoisotopic (exact) mass is 267 g/mol. The van der Waals surface area contributed by atoms with E-state index in [-0.39, 0.29) is 12.3 Å². The van der Waals surface area contributed by atoms with Gasteiger partial charge in [-0.3, -0.25) is 4.79 Å². The average Bonchev–Trinajstić information content (AvgIpc) is 2.41. The van der Waals surface area contributed by atoms with Crippen LogP contribution in [0.5, 0.6) is 0 Å². The number of carbonyl (C=O) groups excluding carboxylic acids is 2. The first kappa shape index (κ1) is 14.8. The normalized spacial score (nSPS) is 12.9. The van der Waals surface area contributed by atoms with Crippen LogP contribution in [0.2, 0.25) is 0 Å². The number of ether oxygens (including phenoxy) is 1. The highest BCUT2D eigenvalue weighted by molar-refractivity contribution is 6.39. The first-order valence-electron chi connectivity index (χ1n) is 5.70. The summed E-state index contributed by atoms with van der Waals surface area (Å²) in [4.78, 5) is 23.1. The Morgan fingerprint density at radius 2 is 1.95 bits per heavy atom. The van der Waals surface area contributed by atoms with Crippen LogP contribution in [-0.2, 0) is 14.3 Å². The van der Waals surface area contributed by atoms with Crippen molar-refractivity contribution in [3.63, 3.8) is 0 Å². The maximum absolute atomic E-state index is 12.8. The quantitative estimate of drug-likeness (QED) is 0.290. The molecule has 1 aromatic rings. The fourth-order valence-electron chi connectivity index (χ4n) is 1.52. The molecule has 0 spiro atoms. The van der Waals surface area contributed by atoms with E-state index in [1.165, 1.54) is 31.2 Å². The molecule has 1 atom stereocenters. The molecule has 5 nitrogen and oxygen atoms in total. The van der Waals surface area contributed by atoms with Crippen molar-refractivity contribution in [1.29, 1.82) is 0 Å². The Morgan fingerprint density at radius 3 is 2.42 bits per heavy atom. The molecule has 102 valence electrons. The van der Waals surface area contributed by atoms with E-state index in [4.69, 9.17) is 5.21 Å². The van der Waals surface area contributed by atoms with Crippen molar-refractivity contribution in [3.8, 4) is 0 Å². The van der Waals surface area contributed by atoms with E-state index in [1.807, 2.05) is 0 Å². The van der Waals surface area contributed by atoms with Crippen molar-refractivity contribution < 1.29 is 23.9 Å². The number of oxime groups is 1. The molecule has 1 aromatic carbocycles. The van der Waals surface area contributed by atoms with Crippen molar-refractivity contribution >= 4 is 17.5 Å². The number of nitrogens with zero attached hydrogens (tertiary/aromatic N) is 1. The predicted molar refractivity (Wildman–Crippen MR) is 65.5 cm³/mol. The highest BCUT2D eigenvalue weighted by Gasteiger charge is 2.28. The predicted octanol–water partition coefficient (Wildman–Crippen LogP) is 1.77. The van der Waals surface area contributed by atoms with Crippen molar-refractivity contribution in [2.45, 2.75) is 13.8 Å². The second kappa shape index (κ2) is 6.63. The largest absolute Gasteiger partial charge is 0.460 e. The Bertz CT molecular complexity index is 496. The van der Waals surface area contributed by atoms with Gasteiger partial charge >= 0.3 is 5.97 Å². The Kier molecular flexibility index (Phi) is 5.17. The van der Waals surface area contributed by atoms with E-state index in [2.05, 4.69) is 9.89 Å². The summed E-state index contributed by atoms with van der Waals surface area (Å²) in [6, 6.07) is 5.06. The molecular weight excluding hydrogens is 253 g/mol. The van der Waals surface area contributed by atoms with Crippen LogP contribution in [0.15, 0.2) is 29.4 Å². The van der Waals surface area contributed by atoms with Gasteiger partial charge in [0.2, 0.25) is 5.78 Å². The van der Waals surface area contributed by atoms with E-state index in [1.54, 1.807) is 6.92 Å². The molecule has 0 fully saturated rings. The maximum atomic E-state index is 12.8. The number of ketones is 1. The zero-order valence-corrected chi connectivity index (χ0v) is 10.6. The second-order valence-electron chi connectivity index (χ2n) is 3.80. The number of halogens is 1. The van der Waals surface area contributed by atoms with Crippen LogP contribution in [0.25, 0.3) is 0 Å². The lowest BCUT2D eigenvalue weighted by Gasteiger charge is -2.11. The Hall–Kier alpha value is -2.24. The van der Waals surface area contributed by atoms with E-state index in [9.17, 15) is 14.0 Å².